The van der Waals surface area contributed by atoms with E-state index < -0.39 is 12.4 Å². The predicted octanol–water partition coefficient (Wildman–Crippen LogP) is 2.63. The van der Waals surface area contributed by atoms with Crippen LogP contribution in [0, 0.1) is 0 Å². The third-order valence-electron chi connectivity index (χ3n) is 1.60. The Bertz CT molecular complexity index is 273. The van der Waals surface area contributed by atoms with E-state index in [9.17, 15) is 13.2 Å². The van der Waals surface area contributed by atoms with E-state index in [4.69, 9.17) is 0 Å². The van der Waals surface area contributed by atoms with Crippen molar-refractivity contribution < 1.29 is 17.9 Å². The molecule has 1 atom stereocenters. The molecule has 1 aromatic rings. The average molecular weight is 205 g/mol. The van der Waals surface area contributed by atoms with Crippen molar-refractivity contribution in [1.82, 2.24) is 0 Å². The van der Waals surface area contributed by atoms with Crippen LogP contribution >= 0.6 is 0 Å². The van der Waals surface area contributed by atoms with E-state index in [1.54, 1.807) is 18.2 Å². The molecule has 1 N–H and O–H groups in total. The van der Waals surface area contributed by atoms with Crippen molar-refractivity contribution >= 4 is 5.69 Å². The van der Waals surface area contributed by atoms with Gasteiger partial charge in [0, 0.05) is 12.8 Å². The fourth-order valence-corrected chi connectivity index (χ4v) is 0.960. The first kappa shape index (κ1) is 10.8. The summed E-state index contributed by atoms with van der Waals surface area (Å²) in [6.45, 7) is 0. The molecule has 1 rings (SSSR count). The highest BCUT2D eigenvalue weighted by Gasteiger charge is 2.40. The second-order valence-corrected chi connectivity index (χ2v) is 2.67. The van der Waals surface area contributed by atoms with Crippen LogP contribution in [0.1, 0.15) is 0 Å². The van der Waals surface area contributed by atoms with Crippen LogP contribution in [0.5, 0.6) is 0 Å². The maximum Gasteiger partial charge on any atom is 0.433 e. The van der Waals surface area contributed by atoms with Crippen LogP contribution in [-0.4, -0.2) is 19.5 Å². The van der Waals surface area contributed by atoms with Gasteiger partial charge >= 0.3 is 6.18 Å². The molecule has 0 aliphatic heterocycles. The molecule has 0 bridgehead atoms. The lowest BCUT2D eigenvalue weighted by Gasteiger charge is -2.20. The normalized spacial score (nSPS) is 13.7. The van der Waals surface area contributed by atoms with Crippen LogP contribution in [0.2, 0.25) is 0 Å². The van der Waals surface area contributed by atoms with Crippen LogP contribution in [0.3, 0.4) is 0 Å². The van der Waals surface area contributed by atoms with Crippen LogP contribution in [0.15, 0.2) is 30.3 Å². The molecule has 0 fully saturated rings. The van der Waals surface area contributed by atoms with Gasteiger partial charge in [0.25, 0.3) is 0 Å². The van der Waals surface area contributed by atoms with Crippen molar-refractivity contribution in [2.75, 3.05) is 12.4 Å². The molecule has 0 heterocycles. The van der Waals surface area contributed by atoms with Gasteiger partial charge < -0.3 is 10.1 Å². The molecule has 0 saturated heterocycles. The summed E-state index contributed by atoms with van der Waals surface area (Å²) in [5.41, 5.74) is 0.372. The fraction of sp³-hybridized carbons (Fsp3) is 0.333. The number of nitrogens with one attached hydrogen (secondary N) is 1. The Morgan fingerprint density at radius 3 is 2.21 bits per heavy atom. The Morgan fingerprint density at radius 2 is 1.79 bits per heavy atom. The van der Waals surface area contributed by atoms with E-state index in [-0.39, 0.29) is 0 Å². The molecular weight excluding hydrogens is 195 g/mol. The van der Waals surface area contributed by atoms with Crippen molar-refractivity contribution in [2.45, 2.75) is 12.4 Å². The molecule has 0 spiro atoms. The minimum atomic E-state index is -4.41. The van der Waals surface area contributed by atoms with Gasteiger partial charge in [-0.25, -0.2) is 0 Å². The van der Waals surface area contributed by atoms with Crippen LogP contribution in [0.4, 0.5) is 18.9 Å². The molecule has 14 heavy (non-hydrogen) atoms. The first-order valence-electron chi connectivity index (χ1n) is 3.95. The lowest BCUT2D eigenvalue weighted by molar-refractivity contribution is -0.202. The molecule has 0 aromatic heterocycles. The van der Waals surface area contributed by atoms with Gasteiger partial charge in [0.2, 0.25) is 6.23 Å². The minimum absolute atomic E-state index is 0.372. The Labute approximate surface area is 79.7 Å². The first-order chi connectivity index (χ1) is 6.54. The summed E-state index contributed by atoms with van der Waals surface area (Å²) in [5.74, 6) is 0. The Morgan fingerprint density at radius 1 is 1.21 bits per heavy atom. The zero-order valence-electron chi connectivity index (χ0n) is 7.51. The number of alkyl halides is 3. The molecule has 78 valence electrons. The number of methoxy groups -OCH3 is 1. The highest BCUT2D eigenvalue weighted by atomic mass is 19.4. The first-order valence-corrected chi connectivity index (χ1v) is 3.95. The number of rotatable bonds is 3. The summed E-state index contributed by atoms with van der Waals surface area (Å²) in [5, 5.41) is 2.22. The van der Waals surface area contributed by atoms with Gasteiger partial charge in [-0.05, 0) is 12.1 Å². The standard InChI is InChI=1S/C9H10F3NO/c1-14-8(9(10,11)12)13-7-5-3-2-4-6-7/h2-6,8,13H,1H3. The van der Waals surface area contributed by atoms with E-state index in [1.165, 1.54) is 12.1 Å². The third kappa shape index (κ3) is 2.92. The van der Waals surface area contributed by atoms with Crippen molar-refractivity contribution in [3.63, 3.8) is 0 Å². The van der Waals surface area contributed by atoms with Gasteiger partial charge in [-0.15, -0.1) is 0 Å². The fourth-order valence-electron chi connectivity index (χ4n) is 0.960. The van der Waals surface area contributed by atoms with Crippen molar-refractivity contribution in [3.8, 4) is 0 Å². The molecule has 0 radical (unpaired) electrons. The molecule has 2 nitrogen and oxygen atoms in total. The second kappa shape index (κ2) is 4.32. The van der Waals surface area contributed by atoms with Gasteiger partial charge in [0.05, 0.1) is 0 Å². The number of anilines is 1. The van der Waals surface area contributed by atoms with Gasteiger partial charge in [-0.2, -0.15) is 13.2 Å². The minimum Gasteiger partial charge on any atom is -0.353 e. The van der Waals surface area contributed by atoms with Gasteiger partial charge in [-0.3, -0.25) is 0 Å². The van der Waals surface area contributed by atoms with Gasteiger partial charge in [-0.1, -0.05) is 18.2 Å². The lowest BCUT2D eigenvalue weighted by Crippen LogP contribution is -2.37. The van der Waals surface area contributed by atoms with E-state index in [1.807, 2.05) is 0 Å². The summed E-state index contributed by atoms with van der Waals surface area (Å²) < 4.78 is 40.9. The maximum absolute atomic E-state index is 12.2. The quantitative estimate of drug-likeness (QED) is 0.766. The molecule has 0 aliphatic rings. The average Bonchev–Trinajstić information content (AvgIpc) is 2.14. The van der Waals surface area contributed by atoms with E-state index in [0.717, 1.165) is 7.11 Å². The number of hydrogen-bond donors (Lipinski definition) is 1. The molecule has 1 unspecified atom stereocenters. The highest BCUT2D eigenvalue weighted by molar-refractivity contribution is 5.43. The largest absolute Gasteiger partial charge is 0.433 e. The smallest absolute Gasteiger partial charge is 0.353 e. The number of halogens is 3. The summed E-state index contributed by atoms with van der Waals surface area (Å²) in [6.07, 6.45) is -6.38. The van der Waals surface area contributed by atoms with Crippen LogP contribution in [0.25, 0.3) is 0 Å². The summed E-state index contributed by atoms with van der Waals surface area (Å²) in [4.78, 5) is 0. The van der Waals surface area contributed by atoms with Crippen LogP contribution < -0.4 is 5.32 Å². The molecule has 0 aliphatic carbocycles. The van der Waals surface area contributed by atoms with Crippen molar-refractivity contribution in [3.05, 3.63) is 30.3 Å². The van der Waals surface area contributed by atoms with E-state index in [0.29, 0.717) is 5.69 Å². The highest BCUT2D eigenvalue weighted by Crippen LogP contribution is 2.23. The molecular formula is C9H10F3NO. The number of hydrogen-bond acceptors (Lipinski definition) is 2. The zero-order chi connectivity index (χ0) is 10.6. The zero-order valence-corrected chi connectivity index (χ0v) is 7.51. The van der Waals surface area contributed by atoms with Crippen molar-refractivity contribution in [2.24, 2.45) is 0 Å². The molecule has 1 aromatic carbocycles. The predicted molar refractivity (Wildman–Crippen MR) is 46.9 cm³/mol. The third-order valence-corrected chi connectivity index (χ3v) is 1.60. The van der Waals surface area contributed by atoms with Crippen molar-refractivity contribution in [1.29, 1.82) is 0 Å². The molecule has 0 saturated carbocycles. The second-order valence-electron chi connectivity index (χ2n) is 2.67. The van der Waals surface area contributed by atoms with E-state index >= 15 is 0 Å². The monoisotopic (exact) mass is 205 g/mol. The Kier molecular flexibility index (Phi) is 3.35. The topological polar surface area (TPSA) is 21.3 Å². The SMILES string of the molecule is COC(Nc1ccccc1)C(F)(F)F. The number of benzene rings is 1. The Balaban J connectivity index is 2.67. The van der Waals surface area contributed by atoms with Crippen LogP contribution in [-0.2, 0) is 4.74 Å². The summed E-state index contributed by atoms with van der Waals surface area (Å²) >= 11 is 0. The molecule has 5 heteroatoms. The lowest BCUT2D eigenvalue weighted by atomic mass is 10.3. The van der Waals surface area contributed by atoms with Gasteiger partial charge in [0.1, 0.15) is 0 Å². The number of para-hydroxylation sites is 1. The maximum atomic E-state index is 12.2. The molecule has 0 amide bonds. The summed E-state index contributed by atoms with van der Waals surface area (Å²) in [6, 6.07) is 8.09. The van der Waals surface area contributed by atoms with Gasteiger partial charge in [0.15, 0.2) is 0 Å². The van der Waals surface area contributed by atoms with E-state index in [2.05, 4.69) is 10.1 Å². The summed E-state index contributed by atoms with van der Waals surface area (Å²) in [7, 11) is 1.01. The Hall–Kier alpha value is -1.23. The number of ether oxygens (including phenoxy) is 1.